The van der Waals surface area contributed by atoms with Crippen LogP contribution in [0.3, 0.4) is 0 Å². The molecule has 92 valence electrons. The summed E-state index contributed by atoms with van der Waals surface area (Å²) < 4.78 is 1.19. The molecule has 1 aliphatic heterocycles. The topological polar surface area (TPSA) is 3.24 Å². The van der Waals surface area contributed by atoms with Gasteiger partial charge >= 0.3 is 0 Å². The van der Waals surface area contributed by atoms with Gasteiger partial charge in [-0.3, -0.25) is 0 Å². The third-order valence-electron chi connectivity index (χ3n) is 4.38. The second kappa shape index (κ2) is 4.74. The van der Waals surface area contributed by atoms with E-state index in [2.05, 4.69) is 52.0 Å². The Balaban J connectivity index is 1.57. The zero-order valence-corrected chi connectivity index (χ0v) is 12.0. The molecule has 1 saturated heterocycles. The minimum Gasteiger partial charge on any atom is -0.300 e. The van der Waals surface area contributed by atoms with Crippen LogP contribution in [0.25, 0.3) is 0 Å². The van der Waals surface area contributed by atoms with Crippen LogP contribution in [0, 0.1) is 5.92 Å². The first-order valence-electron chi connectivity index (χ1n) is 6.73. The highest BCUT2D eigenvalue weighted by molar-refractivity contribution is 9.10. The van der Waals surface area contributed by atoms with E-state index in [1.807, 2.05) is 0 Å². The van der Waals surface area contributed by atoms with E-state index in [0.29, 0.717) is 0 Å². The lowest BCUT2D eigenvalue weighted by Crippen LogP contribution is -2.29. The minimum atomic E-state index is 0.821. The van der Waals surface area contributed by atoms with Crippen LogP contribution in [-0.4, -0.2) is 24.0 Å². The van der Waals surface area contributed by atoms with Crippen molar-refractivity contribution in [3.8, 4) is 0 Å². The quantitative estimate of drug-likeness (QED) is 0.813. The van der Waals surface area contributed by atoms with Gasteiger partial charge in [-0.15, -0.1) is 0 Å². The molecule has 0 bridgehead atoms. The molecule has 3 atom stereocenters. The molecular weight excluding hydrogens is 274 g/mol. The summed E-state index contributed by atoms with van der Waals surface area (Å²) in [5.41, 5.74) is 1.53. The van der Waals surface area contributed by atoms with Crippen molar-refractivity contribution in [3.63, 3.8) is 0 Å². The van der Waals surface area contributed by atoms with E-state index in [0.717, 1.165) is 17.9 Å². The second-order valence-electron chi connectivity index (χ2n) is 5.64. The fourth-order valence-electron chi connectivity index (χ4n) is 3.13. The summed E-state index contributed by atoms with van der Waals surface area (Å²) in [6, 6.07) is 9.72. The zero-order valence-electron chi connectivity index (χ0n) is 10.4. The van der Waals surface area contributed by atoms with E-state index in [4.69, 9.17) is 0 Å². The Morgan fingerprint density at radius 3 is 2.71 bits per heavy atom. The average molecular weight is 294 g/mol. The third kappa shape index (κ3) is 2.58. The van der Waals surface area contributed by atoms with E-state index in [9.17, 15) is 0 Å². The Morgan fingerprint density at radius 1 is 1.29 bits per heavy atom. The normalized spacial score (nSPS) is 32.9. The Labute approximate surface area is 112 Å². The summed E-state index contributed by atoms with van der Waals surface area (Å²) in [5.74, 6) is 1.74. The standard InChI is InChI=1S/C15H20BrN/c1-11-3-2-8-17(11)10-13-9-15(13)12-4-6-14(16)7-5-12/h4-7,11,13,15H,2-3,8-10H2,1H3. The Kier molecular flexibility index (Phi) is 3.27. The molecule has 2 heteroatoms. The van der Waals surface area contributed by atoms with Crippen LogP contribution in [0.15, 0.2) is 28.7 Å². The van der Waals surface area contributed by atoms with Crippen molar-refractivity contribution in [1.82, 2.24) is 4.90 Å². The summed E-state index contributed by atoms with van der Waals surface area (Å²) in [4.78, 5) is 2.68. The fourth-order valence-corrected chi connectivity index (χ4v) is 3.40. The predicted molar refractivity (Wildman–Crippen MR) is 75.3 cm³/mol. The van der Waals surface area contributed by atoms with E-state index in [1.165, 1.54) is 42.4 Å². The molecule has 0 aromatic heterocycles. The maximum absolute atomic E-state index is 3.50. The molecule has 2 aliphatic rings. The van der Waals surface area contributed by atoms with Crippen LogP contribution < -0.4 is 0 Å². The SMILES string of the molecule is CC1CCCN1CC1CC1c1ccc(Br)cc1. The van der Waals surface area contributed by atoms with Gasteiger partial charge in [-0.25, -0.2) is 0 Å². The third-order valence-corrected chi connectivity index (χ3v) is 4.91. The highest BCUT2D eigenvalue weighted by Crippen LogP contribution is 2.48. The van der Waals surface area contributed by atoms with Crippen molar-refractivity contribution >= 4 is 15.9 Å². The molecule has 1 nitrogen and oxygen atoms in total. The number of likely N-dealkylation sites (tertiary alicyclic amines) is 1. The molecule has 1 aromatic rings. The molecule has 1 heterocycles. The molecule has 3 unspecified atom stereocenters. The van der Waals surface area contributed by atoms with Crippen LogP contribution in [0.1, 0.15) is 37.7 Å². The maximum Gasteiger partial charge on any atom is 0.0175 e. The van der Waals surface area contributed by atoms with Gasteiger partial charge < -0.3 is 4.90 Å². The molecule has 3 rings (SSSR count). The van der Waals surface area contributed by atoms with Crippen LogP contribution in [0.4, 0.5) is 0 Å². The lowest BCUT2D eigenvalue weighted by Gasteiger charge is -2.20. The Bertz CT molecular complexity index is 386. The number of hydrogen-bond acceptors (Lipinski definition) is 1. The molecule has 1 saturated carbocycles. The van der Waals surface area contributed by atoms with Crippen LogP contribution in [0.2, 0.25) is 0 Å². The van der Waals surface area contributed by atoms with E-state index in [1.54, 1.807) is 0 Å². The van der Waals surface area contributed by atoms with Crippen molar-refractivity contribution in [1.29, 1.82) is 0 Å². The summed E-state index contributed by atoms with van der Waals surface area (Å²) in [6.45, 7) is 5.02. The largest absolute Gasteiger partial charge is 0.300 e. The van der Waals surface area contributed by atoms with E-state index < -0.39 is 0 Å². The fraction of sp³-hybridized carbons (Fsp3) is 0.600. The molecule has 2 fully saturated rings. The van der Waals surface area contributed by atoms with Crippen molar-refractivity contribution in [3.05, 3.63) is 34.3 Å². The number of benzene rings is 1. The van der Waals surface area contributed by atoms with Gasteiger partial charge in [-0.2, -0.15) is 0 Å². The highest BCUT2D eigenvalue weighted by atomic mass is 79.9. The number of hydrogen-bond donors (Lipinski definition) is 0. The summed E-state index contributed by atoms with van der Waals surface area (Å²) in [6.07, 6.45) is 4.19. The summed E-state index contributed by atoms with van der Waals surface area (Å²) in [5, 5.41) is 0. The lowest BCUT2D eigenvalue weighted by atomic mass is 10.1. The van der Waals surface area contributed by atoms with Gasteiger partial charge in [-0.05, 0) is 62.3 Å². The smallest absolute Gasteiger partial charge is 0.0175 e. The van der Waals surface area contributed by atoms with Gasteiger partial charge in [0, 0.05) is 17.1 Å². The molecule has 17 heavy (non-hydrogen) atoms. The van der Waals surface area contributed by atoms with Crippen LogP contribution >= 0.6 is 15.9 Å². The van der Waals surface area contributed by atoms with Crippen molar-refractivity contribution in [2.75, 3.05) is 13.1 Å². The van der Waals surface area contributed by atoms with Crippen molar-refractivity contribution in [2.24, 2.45) is 5.92 Å². The first-order valence-corrected chi connectivity index (χ1v) is 7.53. The number of halogens is 1. The van der Waals surface area contributed by atoms with E-state index in [-0.39, 0.29) is 0 Å². The van der Waals surface area contributed by atoms with Crippen LogP contribution in [-0.2, 0) is 0 Å². The zero-order chi connectivity index (χ0) is 11.8. The molecule has 0 N–H and O–H groups in total. The Morgan fingerprint density at radius 2 is 2.06 bits per heavy atom. The molecule has 0 spiro atoms. The Hall–Kier alpha value is -0.340. The van der Waals surface area contributed by atoms with Gasteiger partial charge in [0.15, 0.2) is 0 Å². The number of rotatable bonds is 3. The summed E-state index contributed by atoms with van der Waals surface area (Å²) >= 11 is 3.50. The molecular formula is C15H20BrN. The second-order valence-corrected chi connectivity index (χ2v) is 6.56. The van der Waals surface area contributed by atoms with Gasteiger partial charge in [0.2, 0.25) is 0 Å². The highest BCUT2D eigenvalue weighted by Gasteiger charge is 2.40. The molecule has 0 amide bonds. The van der Waals surface area contributed by atoms with Gasteiger partial charge in [-0.1, -0.05) is 28.1 Å². The van der Waals surface area contributed by atoms with Crippen LogP contribution in [0.5, 0.6) is 0 Å². The van der Waals surface area contributed by atoms with Gasteiger partial charge in [0.05, 0.1) is 0 Å². The number of nitrogens with zero attached hydrogens (tertiary/aromatic N) is 1. The van der Waals surface area contributed by atoms with Crippen molar-refractivity contribution < 1.29 is 0 Å². The predicted octanol–water partition coefficient (Wildman–Crippen LogP) is 4.04. The first-order chi connectivity index (χ1) is 8.24. The average Bonchev–Trinajstić information content (AvgIpc) is 2.97. The first kappa shape index (κ1) is 11.7. The molecule has 1 aromatic carbocycles. The summed E-state index contributed by atoms with van der Waals surface area (Å²) in [7, 11) is 0. The lowest BCUT2D eigenvalue weighted by molar-refractivity contribution is 0.256. The molecule has 0 radical (unpaired) electrons. The monoisotopic (exact) mass is 293 g/mol. The molecule has 1 aliphatic carbocycles. The van der Waals surface area contributed by atoms with E-state index >= 15 is 0 Å². The van der Waals surface area contributed by atoms with Gasteiger partial charge in [0.1, 0.15) is 0 Å². The maximum atomic E-state index is 3.50. The minimum absolute atomic E-state index is 0.821. The van der Waals surface area contributed by atoms with Gasteiger partial charge in [0.25, 0.3) is 0 Å². The van der Waals surface area contributed by atoms with Crippen molar-refractivity contribution in [2.45, 2.75) is 38.1 Å².